The van der Waals surface area contributed by atoms with Gasteiger partial charge in [-0.2, -0.15) is 5.26 Å². The minimum atomic E-state index is -0.477. The molecule has 0 aromatic carbocycles. The van der Waals surface area contributed by atoms with E-state index in [1.165, 1.54) is 11.8 Å². The van der Waals surface area contributed by atoms with Crippen molar-refractivity contribution >= 4 is 17.5 Å². The highest BCUT2D eigenvalue weighted by molar-refractivity contribution is 8.00. The molecular weight excluding hydrogens is 158 g/mol. The van der Waals surface area contributed by atoms with Gasteiger partial charge in [-0.05, 0) is 27.3 Å². The smallest absolute Gasteiger partial charge is 0.139 e. The van der Waals surface area contributed by atoms with Crippen LogP contribution in [0.5, 0.6) is 0 Å². The zero-order chi connectivity index (χ0) is 9.07. The molecule has 11 heavy (non-hydrogen) atoms. The molecule has 0 aliphatic carbocycles. The molecule has 0 radical (unpaired) electrons. The quantitative estimate of drug-likeness (QED) is 0.512. The van der Waals surface area contributed by atoms with E-state index in [4.69, 9.17) is 10.7 Å². The van der Waals surface area contributed by atoms with E-state index in [1.807, 2.05) is 38.2 Å². The Morgan fingerprint density at radius 1 is 1.64 bits per heavy atom. The second kappa shape index (κ2) is 3.74. The summed E-state index contributed by atoms with van der Waals surface area (Å²) in [7, 11) is 3.73. The van der Waals surface area contributed by atoms with Gasteiger partial charge in [-0.25, -0.2) is 0 Å². The largest absolute Gasteiger partial charge is 0.292 e. The van der Waals surface area contributed by atoms with Crippen LogP contribution in [0.15, 0.2) is 0 Å². The lowest BCUT2D eigenvalue weighted by molar-refractivity contribution is 0.350. The number of hydrogen-bond donors (Lipinski definition) is 1. The highest BCUT2D eigenvalue weighted by Crippen LogP contribution is 2.25. The van der Waals surface area contributed by atoms with E-state index >= 15 is 0 Å². The molecule has 0 fully saturated rings. The number of rotatable bonds is 3. The average molecular weight is 171 g/mol. The van der Waals surface area contributed by atoms with E-state index < -0.39 is 4.87 Å². The van der Waals surface area contributed by atoms with Crippen LogP contribution in [-0.4, -0.2) is 35.8 Å². The van der Waals surface area contributed by atoms with Gasteiger partial charge in [-0.3, -0.25) is 10.3 Å². The first-order chi connectivity index (χ1) is 4.99. The highest BCUT2D eigenvalue weighted by Gasteiger charge is 2.30. The van der Waals surface area contributed by atoms with Gasteiger partial charge in [0.1, 0.15) is 16.7 Å². The molecular formula is C7H13N3S. The SMILES string of the molecule is CSC(C)(C(=N)C#N)N(C)C. The van der Waals surface area contributed by atoms with Gasteiger partial charge < -0.3 is 0 Å². The molecule has 0 aromatic heterocycles. The van der Waals surface area contributed by atoms with Gasteiger partial charge in [0.05, 0.1) is 0 Å². The van der Waals surface area contributed by atoms with Crippen molar-refractivity contribution in [3.05, 3.63) is 0 Å². The Morgan fingerprint density at radius 3 is 2.18 bits per heavy atom. The van der Waals surface area contributed by atoms with Crippen LogP contribution >= 0.6 is 11.8 Å². The lowest BCUT2D eigenvalue weighted by Crippen LogP contribution is -2.44. The monoisotopic (exact) mass is 171 g/mol. The number of thioether (sulfide) groups is 1. The molecule has 0 heterocycles. The first-order valence-corrected chi connectivity index (χ1v) is 4.43. The summed E-state index contributed by atoms with van der Waals surface area (Å²) in [5, 5.41) is 15.9. The first-order valence-electron chi connectivity index (χ1n) is 3.20. The van der Waals surface area contributed by atoms with E-state index in [2.05, 4.69) is 0 Å². The van der Waals surface area contributed by atoms with E-state index in [-0.39, 0.29) is 5.71 Å². The van der Waals surface area contributed by atoms with Gasteiger partial charge in [-0.15, -0.1) is 11.8 Å². The predicted octanol–water partition coefficient (Wildman–Crippen LogP) is 1.17. The first kappa shape index (κ1) is 10.5. The maximum Gasteiger partial charge on any atom is 0.139 e. The van der Waals surface area contributed by atoms with Crippen molar-refractivity contribution in [2.75, 3.05) is 20.4 Å². The summed E-state index contributed by atoms with van der Waals surface area (Å²) in [6.07, 6.45) is 1.89. The molecule has 0 aliphatic rings. The van der Waals surface area contributed by atoms with Gasteiger partial charge in [0.2, 0.25) is 0 Å². The van der Waals surface area contributed by atoms with E-state index in [0.717, 1.165) is 0 Å². The Morgan fingerprint density at radius 2 is 2.09 bits per heavy atom. The van der Waals surface area contributed by atoms with Crippen molar-refractivity contribution < 1.29 is 0 Å². The highest BCUT2D eigenvalue weighted by atomic mass is 32.2. The van der Waals surface area contributed by atoms with Gasteiger partial charge in [-0.1, -0.05) is 0 Å². The normalized spacial score (nSPS) is 15.6. The average Bonchev–Trinajstić information content (AvgIpc) is 2.01. The lowest BCUT2D eigenvalue weighted by Gasteiger charge is -2.32. The molecule has 0 amide bonds. The molecule has 1 atom stereocenters. The molecule has 0 aliphatic heterocycles. The molecule has 0 saturated heterocycles. The van der Waals surface area contributed by atoms with Crippen LogP contribution in [0.3, 0.4) is 0 Å². The summed E-state index contributed by atoms with van der Waals surface area (Å²) >= 11 is 1.49. The van der Waals surface area contributed by atoms with E-state index in [0.29, 0.717) is 0 Å². The summed E-state index contributed by atoms with van der Waals surface area (Å²) in [5.41, 5.74) is 0.0926. The van der Waals surface area contributed by atoms with E-state index in [9.17, 15) is 0 Å². The van der Waals surface area contributed by atoms with Crippen molar-refractivity contribution in [2.45, 2.75) is 11.8 Å². The van der Waals surface area contributed by atoms with Gasteiger partial charge in [0.25, 0.3) is 0 Å². The molecule has 4 heteroatoms. The second-order valence-corrected chi connectivity index (χ2v) is 3.77. The Kier molecular flexibility index (Phi) is 3.56. The molecule has 0 spiro atoms. The molecule has 1 N–H and O–H groups in total. The molecule has 0 saturated carbocycles. The minimum Gasteiger partial charge on any atom is -0.292 e. The van der Waals surface area contributed by atoms with Gasteiger partial charge in [0.15, 0.2) is 0 Å². The molecule has 0 aromatic rings. The van der Waals surface area contributed by atoms with Crippen LogP contribution in [-0.2, 0) is 0 Å². The predicted molar refractivity (Wildman–Crippen MR) is 48.9 cm³/mol. The van der Waals surface area contributed by atoms with Gasteiger partial charge >= 0.3 is 0 Å². The summed E-state index contributed by atoms with van der Waals surface area (Å²) in [4.78, 5) is 1.39. The fraction of sp³-hybridized carbons (Fsp3) is 0.714. The van der Waals surface area contributed by atoms with Crippen LogP contribution in [0.2, 0.25) is 0 Å². The third-order valence-electron chi connectivity index (χ3n) is 1.83. The molecule has 0 bridgehead atoms. The number of hydrogen-bond acceptors (Lipinski definition) is 4. The Bertz CT molecular complexity index is 194. The van der Waals surface area contributed by atoms with Crippen molar-refractivity contribution in [3.63, 3.8) is 0 Å². The maximum absolute atomic E-state index is 8.54. The fourth-order valence-electron chi connectivity index (χ4n) is 0.612. The lowest BCUT2D eigenvalue weighted by atomic mass is 10.2. The van der Waals surface area contributed by atoms with Crippen LogP contribution in [0, 0.1) is 16.7 Å². The summed E-state index contributed by atoms with van der Waals surface area (Å²) in [5.74, 6) is 0. The molecule has 1 unspecified atom stereocenters. The topological polar surface area (TPSA) is 50.9 Å². The van der Waals surface area contributed by atoms with E-state index in [1.54, 1.807) is 0 Å². The van der Waals surface area contributed by atoms with Crippen LogP contribution in [0.4, 0.5) is 0 Å². The molecule has 3 nitrogen and oxygen atoms in total. The third kappa shape index (κ3) is 1.95. The van der Waals surface area contributed by atoms with Crippen LogP contribution < -0.4 is 0 Å². The van der Waals surface area contributed by atoms with Crippen molar-refractivity contribution in [3.8, 4) is 6.07 Å². The number of nitrogens with one attached hydrogen (secondary N) is 1. The van der Waals surface area contributed by atoms with Crippen molar-refractivity contribution in [1.82, 2.24) is 4.90 Å². The minimum absolute atomic E-state index is 0.0926. The maximum atomic E-state index is 8.54. The molecule has 0 rings (SSSR count). The fourth-order valence-corrected chi connectivity index (χ4v) is 1.23. The van der Waals surface area contributed by atoms with Crippen molar-refractivity contribution in [1.29, 1.82) is 10.7 Å². The number of nitriles is 1. The Labute approximate surface area is 71.9 Å². The molecule has 62 valence electrons. The van der Waals surface area contributed by atoms with Gasteiger partial charge in [0, 0.05) is 0 Å². The van der Waals surface area contributed by atoms with Crippen LogP contribution in [0.25, 0.3) is 0 Å². The Balaban J connectivity index is 4.63. The Hall–Kier alpha value is -0.530. The summed E-state index contributed by atoms with van der Waals surface area (Å²) in [6.45, 7) is 1.86. The second-order valence-electron chi connectivity index (χ2n) is 2.57. The van der Waals surface area contributed by atoms with Crippen molar-refractivity contribution in [2.24, 2.45) is 0 Å². The summed E-state index contributed by atoms with van der Waals surface area (Å²) in [6, 6.07) is 1.86. The zero-order valence-electron chi connectivity index (χ0n) is 7.30. The number of nitrogens with zero attached hydrogens (tertiary/aromatic N) is 2. The third-order valence-corrected chi connectivity index (χ3v) is 3.19. The summed E-state index contributed by atoms with van der Waals surface area (Å²) < 4.78 is 0. The van der Waals surface area contributed by atoms with Crippen LogP contribution in [0.1, 0.15) is 6.92 Å². The standard InChI is InChI=1S/C7H13N3S/c1-7(11-4,10(2)3)6(9)5-8/h9H,1-4H3. The zero-order valence-corrected chi connectivity index (χ0v) is 8.12.